The van der Waals surface area contributed by atoms with E-state index < -0.39 is 0 Å². The van der Waals surface area contributed by atoms with Crippen LogP contribution in [-0.4, -0.2) is 23.0 Å². The van der Waals surface area contributed by atoms with Crippen molar-refractivity contribution in [1.82, 2.24) is 10.4 Å². The molecule has 27 heavy (non-hydrogen) atoms. The molecule has 3 aromatic rings. The molecule has 0 atom stereocenters. The van der Waals surface area contributed by atoms with Crippen molar-refractivity contribution >= 4 is 23.7 Å². The van der Waals surface area contributed by atoms with E-state index in [1.807, 2.05) is 25.1 Å². The average molecular weight is 358 g/mol. The van der Waals surface area contributed by atoms with E-state index in [4.69, 9.17) is 0 Å². The number of pyridine rings is 1. The van der Waals surface area contributed by atoms with Crippen molar-refractivity contribution in [2.24, 2.45) is 5.10 Å². The first-order chi connectivity index (χ1) is 13.1. The van der Waals surface area contributed by atoms with Crippen LogP contribution in [0.3, 0.4) is 0 Å². The Balaban J connectivity index is 1.62. The van der Waals surface area contributed by atoms with Gasteiger partial charge in [-0.3, -0.25) is 14.6 Å². The van der Waals surface area contributed by atoms with E-state index in [0.717, 1.165) is 11.1 Å². The molecule has 0 unspecified atom stereocenters. The number of nitrogens with one attached hydrogen (secondary N) is 2. The molecule has 0 spiro atoms. The topological polar surface area (TPSA) is 83.5 Å². The van der Waals surface area contributed by atoms with Crippen molar-refractivity contribution in [3.05, 3.63) is 95.3 Å². The number of anilines is 1. The number of hydrazone groups is 1. The lowest BCUT2D eigenvalue weighted by atomic mass is 10.1. The van der Waals surface area contributed by atoms with Gasteiger partial charge in [-0.1, -0.05) is 29.8 Å². The summed E-state index contributed by atoms with van der Waals surface area (Å²) in [5.41, 5.74) is 5.93. The van der Waals surface area contributed by atoms with Crippen molar-refractivity contribution in [3.63, 3.8) is 0 Å². The van der Waals surface area contributed by atoms with Gasteiger partial charge in [0.05, 0.1) is 11.8 Å². The van der Waals surface area contributed by atoms with Gasteiger partial charge in [-0.15, -0.1) is 0 Å². The lowest BCUT2D eigenvalue weighted by molar-refractivity contribution is 0.0954. The summed E-state index contributed by atoms with van der Waals surface area (Å²) in [4.78, 5) is 28.1. The summed E-state index contributed by atoms with van der Waals surface area (Å²) in [6.07, 6.45) is 4.57. The summed E-state index contributed by atoms with van der Waals surface area (Å²) in [6.45, 7) is 1.97. The second-order valence-corrected chi connectivity index (χ2v) is 5.89. The monoisotopic (exact) mass is 358 g/mol. The van der Waals surface area contributed by atoms with Gasteiger partial charge in [0.15, 0.2) is 0 Å². The predicted octanol–water partition coefficient (Wildman–Crippen LogP) is 3.41. The van der Waals surface area contributed by atoms with Gasteiger partial charge in [-0.2, -0.15) is 5.10 Å². The third-order valence-corrected chi connectivity index (χ3v) is 3.76. The molecule has 0 fully saturated rings. The predicted molar refractivity (Wildman–Crippen MR) is 105 cm³/mol. The summed E-state index contributed by atoms with van der Waals surface area (Å²) in [7, 11) is 0. The lowest BCUT2D eigenvalue weighted by Crippen LogP contribution is -2.17. The Morgan fingerprint density at radius 2 is 1.78 bits per heavy atom. The molecule has 1 heterocycles. The van der Waals surface area contributed by atoms with Crippen molar-refractivity contribution in [1.29, 1.82) is 0 Å². The molecule has 0 radical (unpaired) electrons. The van der Waals surface area contributed by atoms with Crippen LogP contribution in [0.1, 0.15) is 31.8 Å². The maximum Gasteiger partial charge on any atom is 0.272 e. The van der Waals surface area contributed by atoms with Gasteiger partial charge in [0.2, 0.25) is 0 Å². The quantitative estimate of drug-likeness (QED) is 0.541. The van der Waals surface area contributed by atoms with Crippen LogP contribution in [0.5, 0.6) is 0 Å². The highest BCUT2D eigenvalue weighted by molar-refractivity contribution is 6.04. The highest BCUT2D eigenvalue weighted by atomic mass is 16.2. The molecular formula is C21H18N4O2. The third kappa shape index (κ3) is 5.09. The number of amides is 2. The number of rotatable bonds is 5. The second kappa shape index (κ2) is 8.53. The van der Waals surface area contributed by atoms with Gasteiger partial charge in [0, 0.05) is 23.6 Å². The zero-order chi connectivity index (χ0) is 19.1. The fraction of sp³-hybridized carbons (Fsp3) is 0.0476. The third-order valence-electron chi connectivity index (χ3n) is 3.76. The van der Waals surface area contributed by atoms with Crippen LogP contribution in [0.25, 0.3) is 0 Å². The number of carbonyl (C=O) groups excluding carboxylic acids is 2. The number of aryl methyl sites for hydroxylation is 1. The number of hydrogen-bond donors (Lipinski definition) is 2. The van der Waals surface area contributed by atoms with E-state index in [1.54, 1.807) is 48.7 Å². The van der Waals surface area contributed by atoms with Gasteiger partial charge in [-0.05, 0) is 48.9 Å². The summed E-state index contributed by atoms with van der Waals surface area (Å²) in [5.74, 6) is -0.530. The van der Waals surface area contributed by atoms with Gasteiger partial charge >= 0.3 is 0 Å². The van der Waals surface area contributed by atoms with E-state index in [9.17, 15) is 9.59 Å². The molecule has 0 saturated heterocycles. The number of nitrogens with zero attached hydrogens (tertiary/aromatic N) is 2. The summed E-state index contributed by atoms with van der Waals surface area (Å²) in [5, 5.41) is 6.79. The minimum Gasteiger partial charge on any atom is -0.322 e. The van der Waals surface area contributed by atoms with Crippen LogP contribution in [0.4, 0.5) is 5.69 Å². The molecule has 2 amide bonds. The molecular weight excluding hydrogens is 340 g/mol. The molecule has 0 bridgehead atoms. The summed E-state index contributed by atoms with van der Waals surface area (Å²) >= 11 is 0. The van der Waals surface area contributed by atoms with Crippen LogP contribution in [0.15, 0.2) is 78.2 Å². The molecule has 0 saturated carbocycles. The number of benzene rings is 2. The molecule has 0 aliphatic rings. The highest BCUT2D eigenvalue weighted by Gasteiger charge is 2.06. The standard InChI is InChI=1S/C21H18N4O2/c1-15-7-9-17(10-8-15)20(26)24-19-6-2-4-16(12-19)13-23-25-21(27)18-5-3-11-22-14-18/h2-14H,1H3,(H,24,26)(H,25,27). The zero-order valence-corrected chi connectivity index (χ0v) is 14.7. The minimum atomic E-state index is -0.344. The Morgan fingerprint density at radius 3 is 2.52 bits per heavy atom. The SMILES string of the molecule is Cc1ccc(C(=O)Nc2cccc(C=NNC(=O)c3cccnc3)c2)cc1. The fourth-order valence-electron chi connectivity index (χ4n) is 2.33. The first-order valence-electron chi connectivity index (χ1n) is 8.33. The normalized spacial score (nSPS) is 10.6. The van der Waals surface area contributed by atoms with E-state index in [2.05, 4.69) is 20.8 Å². The molecule has 6 heteroatoms. The van der Waals surface area contributed by atoms with E-state index in [0.29, 0.717) is 16.8 Å². The zero-order valence-electron chi connectivity index (χ0n) is 14.7. The fourth-order valence-corrected chi connectivity index (χ4v) is 2.33. The van der Waals surface area contributed by atoms with Crippen molar-refractivity contribution in [2.45, 2.75) is 6.92 Å². The molecule has 6 nitrogen and oxygen atoms in total. The molecule has 0 aliphatic carbocycles. The van der Waals surface area contributed by atoms with E-state index >= 15 is 0 Å². The van der Waals surface area contributed by atoms with Crippen LogP contribution in [0, 0.1) is 6.92 Å². The lowest BCUT2D eigenvalue weighted by Gasteiger charge is -2.06. The van der Waals surface area contributed by atoms with Crippen molar-refractivity contribution in [3.8, 4) is 0 Å². The Bertz CT molecular complexity index is 967. The Hall–Kier alpha value is -3.80. The van der Waals surface area contributed by atoms with Crippen LogP contribution in [0.2, 0.25) is 0 Å². The number of aromatic nitrogens is 1. The maximum atomic E-state index is 12.3. The van der Waals surface area contributed by atoms with Crippen molar-refractivity contribution in [2.75, 3.05) is 5.32 Å². The molecule has 3 rings (SSSR count). The van der Waals surface area contributed by atoms with Gasteiger partial charge < -0.3 is 5.32 Å². The van der Waals surface area contributed by atoms with Crippen LogP contribution < -0.4 is 10.7 Å². The van der Waals surface area contributed by atoms with Gasteiger partial charge in [-0.25, -0.2) is 5.43 Å². The second-order valence-electron chi connectivity index (χ2n) is 5.89. The number of hydrogen-bond acceptors (Lipinski definition) is 4. The van der Waals surface area contributed by atoms with Crippen LogP contribution >= 0.6 is 0 Å². The molecule has 2 aromatic carbocycles. The van der Waals surface area contributed by atoms with E-state index in [-0.39, 0.29) is 11.8 Å². The highest BCUT2D eigenvalue weighted by Crippen LogP contribution is 2.12. The Kier molecular flexibility index (Phi) is 5.69. The van der Waals surface area contributed by atoms with E-state index in [1.165, 1.54) is 12.4 Å². The average Bonchev–Trinajstić information content (AvgIpc) is 2.69. The largest absolute Gasteiger partial charge is 0.322 e. The Morgan fingerprint density at radius 1 is 0.963 bits per heavy atom. The summed E-state index contributed by atoms with van der Waals surface area (Å²) in [6, 6.07) is 17.9. The van der Waals surface area contributed by atoms with Crippen molar-refractivity contribution < 1.29 is 9.59 Å². The smallest absolute Gasteiger partial charge is 0.272 e. The summed E-state index contributed by atoms with van der Waals surface area (Å²) < 4.78 is 0. The minimum absolute atomic E-state index is 0.186. The molecule has 2 N–H and O–H groups in total. The van der Waals surface area contributed by atoms with Crippen LogP contribution in [-0.2, 0) is 0 Å². The molecule has 1 aromatic heterocycles. The van der Waals surface area contributed by atoms with Gasteiger partial charge in [0.1, 0.15) is 0 Å². The Labute approximate surface area is 157 Å². The first-order valence-corrected chi connectivity index (χ1v) is 8.33. The molecule has 134 valence electrons. The first kappa shape index (κ1) is 18.0. The number of carbonyl (C=O) groups is 2. The molecule has 0 aliphatic heterocycles. The van der Waals surface area contributed by atoms with Gasteiger partial charge in [0.25, 0.3) is 11.8 Å². The maximum absolute atomic E-state index is 12.3.